The summed E-state index contributed by atoms with van der Waals surface area (Å²) in [6.45, 7) is 7.21. The topological polar surface area (TPSA) is 52.9 Å². The number of rotatable bonds is 7. The molecule has 5 heteroatoms. The van der Waals surface area contributed by atoms with Crippen LogP contribution in [0.1, 0.15) is 74.5 Å². The number of hydrogen-bond acceptors (Lipinski definition) is 4. The molecule has 35 heavy (non-hydrogen) atoms. The van der Waals surface area contributed by atoms with Gasteiger partial charge in [-0.25, -0.2) is 0 Å². The third-order valence-corrected chi connectivity index (χ3v) is 9.85. The van der Waals surface area contributed by atoms with E-state index < -0.39 is 0 Å². The second-order valence-electron chi connectivity index (χ2n) is 11.4. The summed E-state index contributed by atoms with van der Waals surface area (Å²) in [7, 11) is 2.13. The minimum atomic E-state index is -0.233. The van der Waals surface area contributed by atoms with E-state index in [-0.39, 0.29) is 17.3 Å². The fourth-order valence-corrected chi connectivity index (χ4v) is 7.93. The number of aromatic hydroxyl groups is 1. The van der Waals surface area contributed by atoms with Gasteiger partial charge in [0.05, 0.1) is 11.1 Å². The molecule has 5 rings (SSSR count). The van der Waals surface area contributed by atoms with Crippen molar-refractivity contribution in [3.63, 3.8) is 0 Å². The Morgan fingerprint density at radius 1 is 1.09 bits per heavy atom. The first-order valence-corrected chi connectivity index (χ1v) is 13.8. The molecule has 0 radical (unpaired) electrons. The highest BCUT2D eigenvalue weighted by Gasteiger charge is 2.57. The van der Waals surface area contributed by atoms with Crippen LogP contribution in [0.3, 0.4) is 0 Å². The molecule has 190 valence electrons. The monoisotopic (exact) mass is 497 g/mol. The van der Waals surface area contributed by atoms with Crippen molar-refractivity contribution < 1.29 is 14.9 Å². The van der Waals surface area contributed by atoms with Crippen molar-refractivity contribution in [1.82, 2.24) is 4.90 Å². The number of aliphatic hydroxyl groups excluding tert-OH is 1. The minimum absolute atomic E-state index is 0.0525. The molecule has 2 aromatic carbocycles. The minimum Gasteiger partial charge on any atom is -0.506 e. The SMILES string of the molecule is CCCN(C)CCOc1ccc([C@H]2C[C@]3(C)[C@@H](O)CC[C@H]3[C@@H]3CCc4c(ccc(O)c4Cl)[C@H]32)cc1. The molecule has 0 saturated heterocycles. The van der Waals surface area contributed by atoms with Crippen LogP contribution in [0.2, 0.25) is 5.02 Å². The number of benzene rings is 2. The largest absolute Gasteiger partial charge is 0.506 e. The molecule has 2 N–H and O–H groups in total. The Morgan fingerprint density at radius 2 is 1.86 bits per heavy atom. The predicted molar refractivity (Wildman–Crippen MR) is 142 cm³/mol. The molecule has 4 nitrogen and oxygen atoms in total. The maximum absolute atomic E-state index is 11.1. The maximum Gasteiger partial charge on any atom is 0.134 e. The van der Waals surface area contributed by atoms with E-state index in [1.54, 1.807) is 6.07 Å². The van der Waals surface area contributed by atoms with Crippen LogP contribution in [-0.4, -0.2) is 48.0 Å². The van der Waals surface area contributed by atoms with E-state index in [4.69, 9.17) is 16.3 Å². The van der Waals surface area contributed by atoms with Gasteiger partial charge >= 0.3 is 0 Å². The van der Waals surface area contributed by atoms with Gasteiger partial charge in [0.15, 0.2) is 0 Å². The van der Waals surface area contributed by atoms with Crippen molar-refractivity contribution in [3.05, 3.63) is 58.1 Å². The summed E-state index contributed by atoms with van der Waals surface area (Å²) in [6, 6.07) is 12.6. The Hall–Kier alpha value is -1.75. The van der Waals surface area contributed by atoms with Gasteiger partial charge in [0.1, 0.15) is 18.1 Å². The summed E-state index contributed by atoms with van der Waals surface area (Å²) in [4.78, 5) is 2.30. The first-order valence-electron chi connectivity index (χ1n) is 13.4. The van der Waals surface area contributed by atoms with E-state index in [0.717, 1.165) is 62.9 Å². The zero-order valence-corrected chi connectivity index (χ0v) is 22.1. The summed E-state index contributed by atoms with van der Waals surface area (Å²) in [5.41, 5.74) is 3.68. The highest BCUT2D eigenvalue weighted by molar-refractivity contribution is 6.32. The van der Waals surface area contributed by atoms with Crippen LogP contribution < -0.4 is 4.74 Å². The van der Waals surface area contributed by atoms with Gasteiger partial charge in [0, 0.05) is 6.54 Å². The van der Waals surface area contributed by atoms with Crippen LogP contribution >= 0.6 is 11.6 Å². The van der Waals surface area contributed by atoms with Crippen LogP contribution in [0, 0.1) is 17.3 Å². The molecule has 0 heterocycles. The second kappa shape index (κ2) is 9.95. The molecule has 0 aliphatic heterocycles. The summed E-state index contributed by atoms with van der Waals surface area (Å²) in [5.74, 6) is 2.81. The van der Waals surface area contributed by atoms with E-state index >= 15 is 0 Å². The van der Waals surface area contributed by atoms with Crippen molar-refractivity contribution in [2.45, 2.75) is 70.3 Å². The summed E-state index contributed by atoms with van der Waals surface area (Å²) in [6.07, 6.45) is 5.86. The first-order chi connectivity index (χ1) is 16.8. The summed E-state index contributed by atoms with van der Waals surface area (Å²) >= 11 is 6.60. The Morgan fingerprint density at radius 3 is 2.60 bits per heavy atom. The number of halogens is 1. The average molecular weight is 498 g/mol. The molecular formula is C30H40ClNO3. The van der Waals surface area contributed by atoms with Crippen LogP contribution in [0.25, 0.3) is 0 Å². The quantitative estimate of drug-likeness (QED) is 0.466. The molecule has 2 saturated carbocycles. The fraction of sp³-hybridized carbons (Fsp3) is 0.600. The van der Waals surface area contributed by atoms with Gasteiger partial charge in [0.25, 0.3) is 0 Å². The maximum atomic E-state index is 11.1. The second-order valence-corrected chi connectivity index (χ2v) is 11.8. The van der Waals surface area contributed by atoms with E-state index in [1.165, 1.54) is 11.1 Å². The summed E-state index contributed by atoms with van der Waals surface area (Å²) < 4.78 is 6.04. The molecule has 0 bridgehead atoms. The van der Waals surface area contributed by atoms with Gasteiger partial charge in [-0.3, -0.25) is 0 Å². The number of phenols is 1. The molecule has 0 aromatic heterocycles. The van der Waals surface area contributed by atoms with Gasteiger partial charge in [0.2, 0.25) is 0 Å². The van der Waals surface area contributed by atoms with E-state index in [9.17, 15) is 10.2 Å². The molecule has 0 unspecified atom stereocenters. The highest BCUT2D eigenvalue weighted by Crippen LogP contribution is 2.65. The van der Waals surface area contributed by atoms with Crippen LogP contribution in [-0.2, 0) is 6.42 Å². The zero-order valence-electron chi connectivity index (χ0n) is 21.3. The average Bonchev–Trinajstić information content (AvgIpc) is 3.15. The van der Waals surface area contributed by atoms with Gasteiger partial charge in [-0.05, 0) is 116 Å². The van der Waals surface area contributed by atoms with Crippen molar-refractivity contribution in [2.24, 2.45) is 17.3 Å². The standard InChI is InChI=1S/C30H40ClNO3/c1-4-15-32(3)16-17-35-20-7-5-19(6-8-20)24-18-30(2)25(12-14-27(30)34)23-10-9-22-21(28(23)24)11-13-26(33)29(22)31/h5-8,11,13,23-25,27-28,33-34H,4,9-10,12,14-18H2,1-3H3/t23-,24+,25-,27-,28+,30-/m0/s1. The molecule has 6 atom stereocenters. The lowest BCUT2D eigenvalue weighted by Crippen LogP contribution is -2.47. The number of phenolic OH excluding ortho intramolecular Hbond substituents is 1. The van der Waals surface area contributed by atoms with Crippen molar-refractivity contribution in [3.8, 4) is 11.5 Å². The number of fused-ring (bicyclic) bond motifs is 5. The number of aliphatic hydroxyl groups is 1. The Bertz CT molecular complexity index is 1040. The van der Waals surface area contributed by atoms with Crippen molar-refractivity contribution >= 4 is 11.6 Å². The van der Waals surface area contributed by atoms with Gasteiger partial charge in [-0.1, -0.05) is 43.6 Å². The fourth-order valence-electron chi connectivity index (χ4n) is 7.66. The van der Waals surface area contributed by atoms with Gasteiger partial charge in [-0.2, -0.15) is 0 Å². The summed E-state index contributed by atoms with van der Waals surface area (Å²) in [5, 5.41) is 21.8. The molecule has 0 amide bonds. The molecule has 3 aliphatic rings. The van der Waals surface area contributed by atoms with Crippen molar-refractivity contribution in [2.75, 3.05) is 26.7 Å². The molecule has 2 fully saturated rings. The van der Waals surface area contributed by atoms with Gasteiger partial charge in [-0.15, -0.1) is 0 Å². The van der Waals surface area contributed by atoms with Crippen molar-refractivity contribution in [1.29, 1.82) is 0 Å². The predicted octanol–water partition coefficient (Wildman–Crippen LogP) is 6.38. The van der Waals surface area contributed by atoms with E-state index in [0.29, 0.717) is 35.3 Å². The lowest BCUT2D eigenvalue weighted by molar-refractivity contribution is -0.0322. The normalized spacial score (nSPS) is 31.7. The van der Waals surface area contributed by atoms with E-state index in [1.807, 2.05) is 0 Å². The van der Waals surface area contributed by atoms with Gasteiger partial charge < -0.3 is 19.8 Å². The Balaban J connectivity index is 1.44. The molecule has 3 aliphatic carbocycles. The third kappa shape index (κ3) is 4.47. The van der Waals surface area contributed by atoms with Crippen LogP contribution in [0.15, 0.2) is 36.4 Å². The number of likely N-dealkylation sites (N-methyl/N-ethyl adjacent to an activating group) is 1. The van der Waals surface area contributed by atoms with E-state index in [2.05, 4.69) is 56.1 Å². The smallest absolute Gasteiger partial charge is 0.134 e. The molecule has 2 aromatic rings. The third-order valence-electron chi connectivity index (χ3n) is 9.43. The zero-order chi connectivity index (χ0) is 24.7. The number of hydrogen-bond donors (Lipinski definition) is 2. The lowest BCUT2D eigenvalue weighted by Gasteiger charge is -2.54. The molecule has 0 spiro atoms. The molecular weight excluding hydrogens is 458 g/mol. The first kappa shape index (κ1) is 24.9. The number of nitrogens with zero attached hydrogens (tertiary/aromatic N) is 1. The highest BCUT2D eigenvalue weighted by atomic mass is 35.5. The Kier molecular flexibility index (Phi) is 7.09. The lowest BCUT2D eigenvalue weighted by atomic mass is 9.51. The van der Waals surface area contributed by atoms with Crippen LogP contribution in [0.4, 0.5) is 0 Å². The Labute approximate surface area is 215 Å². The van der Waals surface area contributed by atoms with Crippen LogP contribution in [0.5, 0.6) is 11.5 Å². The number of ether oxygens (including phenoxy) is 1.